The summed E-state index contributed by atoms with van der Waals surface area (Å²) in [6.45, 7) is 1.85. The molecule has 0 saturated heterocycles. The number of hydrogen-bond acceptors (Lipinski definition) is 3. The van der Waals surface area contributed by atoms with Gasteiger partial charge in [0.2, 0.25) is 5.95 Å². The van der Waals surface area contributed by atoms with E-state index in [1.54, 1.807) is 6.07 Å². The highest BCUT2D eigenvalue weighted by atomic mass is 35.5. The van der Waals surface area contributed by atoms with E-state index >= 15 is 0 Å². The van der Waals surface area contributed by atoms with Gasteiger partial charge in [-0.15, -0.1) is 0 Å². The van der Waals surface area contributed by atoms with Crippen LogP contribution in [0.1, 0.15) is 5.69 Å². The van der Waals surface area contributed by atoms with Crippen molar-refractivity contribution >= 4 is 28.7 Å². The van der Waals surface area contributed by atoms with Crippen LogP contribution < -0.4 is 5.73 Å². The molecule has 4 nitrogen and oxygen atoms in total. The van der Waals surface area contributed by atoms with Crippen molar-refractivity contribution in [2.24, 2.45) is 0 Å². The van der Waals surface area contributed by atoms with Crippen molar-refractivity contribution in [3.63, 3.8) is 0 Å². The first-order chi connectivity index (χ1) is 9.06. The number of aromatic nitrogens is 3. The average molecular weight is 277 g/mol. The Kier molecular flexibility index (Phi) is 2.64. The molecule has 0 bridgehead atoms. The minimum Gasteiger partial charge on any atom is -0.369 e. The molecule has 0 unspecified atom stereocenters. The molecule has 0 fully saturated rings. The zero-order valence-corrected chi connectivity index (χ0v) is 10.8. The molecule has 0 amide bonds. The fourth-order valence-corrected chi connectivity index (χ4v) is 2.13. The first-order valence-electron chi connectivity index (χ1n) is 5.63. The van der Waals surface area contributed by atoms with Crippen molar-refractivity contribution in [3.8, 4) is 5.69 Å². The topological polar surface area (TPSA) is 56.7 Å². The molecular weight excluding hydrogens is 267 g/mol. The van der Waals surface area contributed by atoms with E-state index in [9.17, 15) is 4.39 Å². The van der Waals surface area contributed by atoms with Crippen LogP contribution in [-0.2, 0) is 0 Å². The van der Waals surface area contributed by atoms with Gasteiger partial charge in [0.1, 0.15) is 11.3 Å². The maximum atomic E-state index is 14.0. The quantitative estimate of drug-likeness (QED) is 0.743. The van der Waals surface area contributed by atoms with Crippen LogP contribution in [0, 0.1) is 12.7 Å². The van der Waals surface area contributed by atoms with Crippen molar-refractivity contribution in [1.82, 2.24) is 14.5 Å². The van der Waals surface area contributed by atoms with E-state index in [2.05, 4.69) is 9.97 Å². The van der Waals surface area contributed by atoms with Crippen LogP contribution in [0.5, 0.6) is 0 Å². The van der Waals surface area contributed by atoms with E-state index in [-0.39, 0.29) is 11.6 Å². The molecule has 2 N–H and O–H groups in total. The molecule has 3 aromatic rings. The van der Waals surface area contributed by atoms with Gasteiger partial charge in [-0.1, -0.05) is 11.6 Å². The third-order valence-electron chi connectivity index (χ3n) is 2.82. The van der Waals surface area contributed by atoms with E-state index in [1.807, 2.05) is 13.0 Å². The van der Waals surface area contributed by atoms with E-state index in [1.165, 1.54) is 22.8 Å². The third-order valence-corrected chi connectivity index (χ3v) is 3.05. The highest BCUT2D eigenvalue weighted by Gasteiger charge is 2.15. The fraction of sp³-hybridized carbons (Fsp3) is 0.0769. The lowest BCUT2D eigenvalue weighted by atomic mass is 10.3. The van der Waals surface area contributed by atoms with Gasteiger partial charge in [-0.25, -0.2) is 14.4 Å². The Bertz CT molecular complexity index is 782. The molecule has 96 valence electrons. The lowest BCUT2D eigenvalue weighted by Gasteiger charge is -2.07. The molecule has 2 aromatic heterocycles. The van der Waals surface area contributed by atoms with Gasteiger partial charge in [-0.05, 0) is 37.3 Å². The molecule has 0 spiro atoms. The van der Waals surface area contributed by atoms with Crippen molar-refractivity contribution in [2.45, 2.75) is 6.92 Å². The van der Waals surface area contributed by atoms with Crippen molar-refractivity contribution in [1.29, 1.82) is 0 Å². The largest absolute Gasteiger partial charge is 0.369 e. The second-order valence-corrected chi connectivity index (χ2v) is 4.63. The summed E-state index contributed by atoms with van der Waals surface area (Å²) in [5.41, 5.74) is 8.03. The van der Waals surface area contributed by atoms with Crippen LogP contribution in [0.4, 0.5) is 10.3 Å². The molecule has 6 heteroatoms. The molecule has 0 radical (unpaired) electrons. The number of anilines is 1. The molecule has 0 saturated carbocycles. The van der Waals surface area contributed by atoms with Gasteiger partial charge in [-0.2, -0.15) is 0 Å². The Morgan fingerprint density at radius 1 is 1.21 bits per heavy atom. The maximum absolute atomic E-state index is 14.0. The highest BCUT2D eigenvalue weighted by molar-refractivity contribution is 6.30. The minimum absolute atomic E-state index is 0.175. The predicted octanol–water partition coefficient (Wildman–Crippen LogP) is 3.10. The monoisotopic (exact) mass is 276 g/mol. The first-order valence-corrected chi connectivity index (χ1v) is 6.01. The summed E-state index contributed by atoms with van der Waals surface area (Å²) in [5, 5.41) is 0.422. The van der Waals surface area contributed by atoms with Crippen molar-refractivity contribution in [3.05, 3.63) is 46.9 Å². The van der Waals surface area contributed by atoms with Gasteiger partial charge in [0.25, 0.3) is 0 Å². The number of imidazole rings is 1. The number of nitrogen functional groups attached to an aromatic ring is 1. The molecule has 19 heavy (non-hydrogen) atoms. The number of pyridine rings is 1. The lowest BCUT2D eigenvalue weighted by molar-refractivity contribution is 0.619. The van der Waals surface area contributed by atoms with Crippen LogP contribution in [0.3, 0.4) is 0 Å². The second kappa shape index (κ2) is 4.20. The van der Waals surface area contributed by atoms with Crippen LogP contribution in [-0.4, -0.2) is 14.5 Å². The van der Waals surface area contributed by atoms with Gasteiger partial charge in [0.15, 0.2) is 5.65 Å². The highest BCUT2D eigenvalue weighted by Crippen LogP contribution is 2.25. The normalized spacial score (nSPS) is 11.1. The fourth-order valence-electron chi connectivity index (χ4n) is 1.96. The summed E-state index contributed by atoms with van der Waals surface area (Å²) in [4.78, 5) is 8.52. The van der Waals surface area contributed by atoms with E-state index in [4.69, 9.17) is 17.3 Å². The average Bonchev–Trinajstić information content (AvgIpc) is 2.68. The first kappa shape index (κ1) is 11.9. The molecule has 0 aliphatic heterocycles. The number of halogens is 2. The molecule has 3 rings (SSSR count). The minimum atomic E-state index is -0.432. The van der Waals surface area contributed by atoms with Crippen molar-refractivity contribution < 1.29 is 4.39 Å². The van der Waals surface area contributed by atoms with Gasteiger partial charge in [-0.3, -0.25) is 4.57 Å². The van der Waals surface area contributed by atoms with Crippen molar-refractivity contribution in [2.75, 3.05) is 5.73 Å². The zero-order valence-electron chi connectivity index (χ0n) is 10.1. The summed E-state index contributed by atoms with van der Waals surface area (Å²) in [5.74, 6) is -0.257. The molecule has 0 aliphatic rings. The van der Waals surface area contributed by atoms with Crippen LogP contribution in [0.15, 0.2) is 30.3 Å². The predicted molar refractivity (Wildman–Crippen MR) is 73.0 cm³/mol. The molecule has 1 aromatic carbocycles. The smallest absolute Gasteiger partial charge is 0.207 e. The van der Waals surface area contributed by atoms with Gasteiger partial charge >= 0.3 is 0 Å². The van der Waals surface area contributed by atoms with E-state index in [0.717, 1.165) is 5.69 Å². The van der Waals surface area contributed by atoms with E-state index < -0.39 is 5.82 Å². The Morgan fingerprint density at radius 3 is 2.79 bits per heavy atom. The maximum Gasteiger partial charge on any atom is 0.207 e. The van der Waals surface area contributed by atoms with Gasteiger partial charge < -0.3 is 5.73 Å². The second-order valence-electron chi connectivity index (χ2n) is 4.20. The van der Waals surface area contributed by atoms with Crippen LogP contribution in [0.25, 0.3) is 16.9 Å². The van der Waals surface area contributed by atoms with Crippen LogP contribution >= 0.6 is 11.6 Å². The SMILES string of the molecule is Cc1ccc2nc(N)n(-c3cc(Cl)ccc3F)c2n1. The lowest BCUT2D eigenvalue weighted by Crippen LogP contribution is -2.04. The number of rotatable bonds is 1. The summed E-state index contributed by atoms with van der Waals surface area (Å²) < 4.78 is 15.4. The zero-order chi connectivity index (χ0) is 13.6. The Morgan fingerprint density at radius 2 is 2.00 bits per heavy atom. The number of nitrogens with zero attached hydrogens (tertiary/aromatic N) is 3. The summed E-state index contributed by atoms with van der Waals surface area (Å²) in [6, 6.07) is 7.89. The standard InChI is InChI=1S/C13H10ClFN4/c1-7-2-5-10-12(17-7)19(13(16)18-10)11-6-8(14)3-4-9(11)15/h2-6H,1H3,(H2,16,18). The summed E-state index contributed by atoms with van der Waals surface area (Å²) >= 11 is 5.91. The number of hydrogen-bond donors (Lipinski definition) is 1. The Labute approximate surface area is 113 Å². The summed E-state index contributed by atoms with van der Waals surface area (Å²) in [6.07, 6.45) is 0. The summed E-state index contributed by atoms with van der Waals surface area (Å²) in [7, 11) is 0. The van der Waals surface area contributed by atoms with Gasteiger partial charge in [0.05, 0.1) is 5.69 Å². The third kappa shape index (κ3) is 1.92. The van der Waals surface area contributed by atoms with Crippen LogP contribution in [0.2, 0.25) is 5.02 Å². The van der Waals surface area contributed by atoms with Gasteiger partial charge in [0, 0.05) is 10.7 Å². The number of fused-ring (bicyclic) bond motifs is 1. The Hall–Kier alpha value is -2.14. The molecule has 0 aliphatic carbocycles. The molecule has 0 atom stereocenters. The Balaban J connectivity index is 2.38. The van der Waals surface area contributed by atoms with E-state index in [0.29, 0.717) is 16.2 Å². The number of nitrogens with two attached hydrogens (primary N) is 1. The molecule has 2 heterocycles. The number of aryl methyl sites for hydroxylation is 1. The number of benzene rings is 1. The molecular formula is C13H10ClFN4.